The van der Waals surface area contributed by atoms with E-state index in [0.29, 0.717) is 56.5 Å². The molecule has 3 heterocycles. The van der Waals surface area contributed by atoms with Crippen LogP contribution in [0, 0.1) is 5.92 Å². The van der Waals surface area contributed by atoms with Gasteiger partial charge in [0.2, 0.25) is 0 Å². The van der Waals surface area contributed by atoms with E-state index in [0.717, 1.165) is 18.5 Å². The lowest BCUT2D eigenvalue weighted by Crippen LogP contribution is -2.53. The zero-order chi connectivity index (χ0) is 22.8. The first-order valence-electron chi connectivity index (χ1n) is 11.8. The fraction of sp³-hybridized carbons (Fsp3) is 0.462. The number of piperazine rings is 1. The quantitative estimate of drug-likeness (QED) is 0.668. The molecule has 33 heavy (non-hydrogen) atoms. The van der Waals surface area contributed by atoms with Gasteiger partial charge in [-0.2, -0.15) is 0 Å². The molecule has 2 saturated heterocycles. The summed E-state index contributed by atoms with van der Waals surface area (Å²) in [6.45, 7) is 6.01. The molecule has 2 fully saturated rings. The van der Waals surface area contributed by atoms with E-state index in [4.69, 9.17) is 14.2 Å². The van der Waals surface area contributed by atoms with Gasteiger partial charge in [0.1, 0.15) is 0 Å². The van der Waals surface area contributed by atoms with E-state index in [2.05, 4.69) is 17.0 Å². The Balaban J connectivity index is 1.38. The molecule has 3 aliphatic rings. The summed E-state index contributed by atoms with van der Waals surface area (Å²) in [6.07, 6.45) is 0.824. The summed E-state index contributed by atoms with van der Waals surface area (Å²) in [5, 5.41) is 0. The van der Waals surface area contributed by atoms with Gasteiger partial charge >= 0.3 is 5.97 Å². The molecule has 3 atom stereocenters. The Kier molecular flexibility index (Phi) is 6.22. The Morgan fingerprint density at radius 2 is 1.79 bits per heavy atom. The second-order valence-electron chi connectivity index (χ2n) is 8.82. The first kappa shape index (κ1) is 21.8. The largest absolute Gasteiger partial charge is 0.490 e. The highest BCUT2D eigenvalue weighted by molar-refractivity contribution is 5.95. The van der Waals surface area contributed by atoms with Gasteiger partial charge in [-0.25, -0.2) is 0 Å². The van der Waals surface area contributed by atoms with Gasteiger partial charge in [-0.05, 0) is 30.7 Å². The number of nitrogens with zero attached hydrogens (tertiary/aromatic N) is 2. The van der Waals surface area contributed by atoms with Crippen LogP contribution in [0.4, 0.5) is 0 Å². The topological polar surface area (TPSA) is 68.3 Å². The maximum Gasteiger partial charge on any atom is 0.310 e. The molecule has 1 amide bonds. The van der Waals surface area contributed by atoms with Crippen LogP contribution in [0.15, 0.2) is 48.5 Å². The maximum atomic E-state index is 13.4. The third-order valence-corrected chi connectivity index (χ3v) is 6.87. The molecule has 174 valence electrons. The van der Waals surface area contributed by atoms with Crippen molar-refractivity contribution in [3.05, 3.63) is 59.7 Å². The lowest BCUT2D eigenvalue weighted by molar-refractivity contribution is -0.148. The van der Waals surface area contributed by atoms with Crippen molar-refractivity contribution in [1.82, 2.24) is 9.80 Å². The standard InChI is InChI=1S/C26H30N2O5/c1-2-31-26(30)20-16-27-11-12-28(17-21(27)24(20)18-7-4-3-5-8-18)25(29)19-9-10-22-23(15-19)33-14-6-13-32-22/h3-5,7-10,15,20-21,24H,2,6,11-14,16-17H2,1H3/t20-,21-,24+/m1/s1. The fourth-order valence-electron chi connectivity index (χ4n) is 5.31. The van der Waals surface area contributed by atoms with E-state index in [1.165, 1.54) is 0 Å². The lowest BCUT2D eigenvalue weighted by atomic mass is 9.83. The monoisotopic (exact) mass is 450 g/mol. The van der Waals surface area contributed by atoms with Crippen molar-refractivity contribution in [3.63, 3.8) is 0 Å². The number of hydrogen-bond acceptors (Lipinski definition) is 6. The predicted octanol–water partition coefficient (Wildman–Crippen LogP) is 2.95. The van der Waals surface area contributed by atoms with Gasteiger partial charge in [0, 0.05) is 50.1 Å². The van der Waals surface area contributed by atoms with Crippen molar-refractivity contribution in [2.45, 2.75) is 25.3 Å². The van der Waals surface area contributed by atoms with E-state index in [-0.39, 0.29) is 29.8 Å². The zero-order valence-electron chi connectivity index (χ0n) is 18.9. The first-order chi connectivity index (χ1) is 16.2. The number of fused-ring (bicyclic) bond motifs is 2. The van der Waals surface area contributed by atoms with E-state index in [1.807, 2.05) is 42.2 Å². The molecular formula is C26H30N2O5. The summed E-state index contributed by atoms with van der Waals surface area (Å²) in [4.78, 5) is 30.5. The van der Waals surface area contributed by atoms with Crippen LogP contribution in [-0.4, -0.2) is 73.7 Å². The minimum atomic E-state index is -0.231. The Hall–Kier alpha value is -3.06. The number of carbonyl (C=O) groups excluding carboxylic acids is 2. The third-order valence-electron chi connectivity index (χ3n) is 6.87. The van der Waals surface area contributed by atoms with Gasteiger partial charge in [-0.1, -0.05) is 30.3 Å². The summed E-state index contributed by atoms with van der Waals surface area (Å²) in [5.74, 6) is 0.904. The first-order valence-corrected chi connectivity index (χ1v) is 11.8. The SMILES string of the molecule is CCOC(=O)[C@@H]1CN2CCN(C(=O)c3ccc4c(c3)OCCCO4)C[C@@H]2[C@H]1c1ccccc1. The van der Waals surface area contributed by atoms with Crippen molar-refractivity contribution in [2.75, 3.05) is 46.0 Å². The van der Waals surface area contributed by atoms with Crippen molar-refractivity contribution in [1.29, 1.82) is 0 Å². The molecule has 0 N–H and O–H groups in total. The van der Waals surface area contributed by atoms with Crippen LogP contribution in [0.5, 0.6) is 11.5 Å². The Bertz CT molecular complexity index is 1010. The Morgan fingerprint density at radius 1 is 1.00 bits per heavy atom. The number of amides is 1. The highest BCUT2D eigenvalue weighted by Crippen LogP contribution is 2.41. The lowest BCUT2D eigenvalue weighted by Gasteiger charge is -2.39. The van der Waals surface area contributed by atoms with Crippen LogP contribution >= 0.6 is 0 Å². The minimum Gasteiger partial charge on any atom is -0.490 e. The molecule has 2 aromatic rings. The van der Waals surface area contributed by atoms with E-state index >= 15 is 0 Å². The summed E-state index contributed by atoms with van der Waals surface area (Å²) in [6, 6.07) is 15.6. The summed E-state index contributed by atoms with van der Waals surface area (Å²) < 4.78 is 16.9. The van der Waals surface area contributed by atoms with E-state index in [9.17, 15) is 9.59 Å². The highest BCUT2D eigenvalue weighted by atomic mass is 16.5. The summed E-state index contributed by atoms with van der Waals surface area (Å²) >= 11 is 0. The Labute approximate surface area is 194 Å². The average molecular weight is 451 g/mol. The zero-order valence-corrected chi connectivity index (χ0v) is 18.9. The minimum absolute atomic E-state index is 0.00960. The van der Waals surface area contributed by atoms with Gasteiger partial charge in [0.15, 0.2) is 11.5 Å². The third kappa shape index (κ3) is 4.29. The molecule has 3 aliphatic heterocycles. The Morgan fingerprint density at radius 3 is 2.58 bits per heavy atom. The second-order valence-corrected chi connectivity index (χ2v) is 8.82. The maximum absolute atomic E-state index is 13.4. The summed E-state index contributed by atoms with van der Waals surface area (Å²) in [7, 11) is 0. The molecule has 0 aliphatic carbocycles. The van der Waals surface area contributed by atoms with Crippen LogP contribution < -0.4 is 9.47 Å². The van der Waals surface area contributed by atoms with Crippen molar-refractivity contribution in [2.24, 2.45) is 5.92 Å². The van der Waals surface area contributed by atoms with E-state index in [1.54, 1.807) is 6.07 Å². The molecule has 2 aromatic carbocycles. The van der Waals surface area contributed by atoms with Crippen molar-refractivity contribution < 1.29 is 23.8 Å². The van der Waals surface area contributed by atoms with Crippen molar-refractivity contribution in [3.8, 4) is 11.5 Å². The van der Waals surface area contributed by atoms with Crippen LogP contribution in [0.1, 0.15) is 35.2 Å². The van der Waals surface area contributed by atoms with Crippen molar-refractivity contribution >= 4 is 11.9 Å². The van der Waals surface area contributed by atoms with Gasteiger partial charge in [-0.15, -0.1) is 0 Å². The number of carbonyl (C=O) groups is 2. The average Bonchev–Trinajstić information content (AvgIpc) is 3.07. The van der Waals surface area contributed by atoms with Gasteiger partial charge < -0.3 is 19.1 Å². The molecule has 0 radical (unpaired) electrons. The molecule has 0 spiro atoms. The smallest absolute Gasteiger partial charge is 0.310 e. The van der Waals surface area contributed by atoms with Crippen LogP contribution in [0.25, 0.3) is 0 Å². The molecule has 0 aromatic heterocycles. The number of esters is 1. The van der Waals surface area contributed by atoms with Gasteiger partial charge in [0.05, 0.1) is 25.7 Å². The normalized spacial score (nSPS) is 24.6. The molecule has 0 saturated carbocycles. The molecule has 0 bridgehead atoms. The number of rotatable bonds is 4. The summed E-state index contributed by atoms with van der Waals surface area (Å²) in [5.41, 5.74) is 1.72. The molecule has 0 unspecified atom stereocenters. The molecular weight excluding hydrogens is 420 g/mol. The highest BCUT2D eigenvalue weighted by Gasteiger charge is 2.49. The predicted molar refractivity (Wildman–Crippen MR) is 123 cm³/mol. The number of benzene rings is 2. The second kappa shape index (κ2) is 9.43. The van der Waals surface area contributed by atoms with Gasteiger partial charge in [0.25, 0.3) is 5.91 Å². The fourth-order valence-corrected chi connectivity index (χ4v) is 5.31. The number of ether oxygens (including phenoxy) is 3. The molecule has 7 nitrogen and oxygen atoms in total. The van der Waals surface area contributed by atoms with Crippen LogP contribution in [0.2, 0.25) is 0 Å². The molecule has 7 heteroatoms. The number of hydrogen-bond donors (Lipinski definition) is 0. The van der Waals surface area contributed by atoms with Gasteiger partial charge in [-0.3, -0.25) is 14.5 Å². The van der Waals surface area contributed by atoms with Crippen LogP contribution in [-0.2, 0) is 9.53 Å². The van der Waals surface area contributed by atoms with E-state index < -0.39 is 0 Å². The molecule has 5 rings (SSSR count). The van der Waals surface area contributed by atoms with Crippen LogP contribution in [0.3, 0.4) is 0 Å².